The van der Waals surface area contributed by atoms with E-state index in [4.69, 9.17) is 0 Å². The van der Waals surface area contributed by atoms with Gasteiger partial charge in [0.25, 0.3) is 0 Å². The van der Waals surface area contributed by atoms with Crippen LogP contribution in [0.5, 0.6) is 0 Å². The lowest BCUT2D eigenvalue weighted by Gasteiger charge is -2.24. The molecular weight excluding hydrogens is 296 g/mol. The second kappa shape index (κ2) is 6.73. The molecule has 2 amide bonds. The number of fused-ring (bicyclic) bond motifs is 1. The molecule has 0 aliphatic carbocycles. The molecule has 0 spiro atoms. The minimum atomic E-state index is -0.0189. The smallest absolute Gasteiger partial charge is 0.231 e. The average molecular weight is 318 g/mol. The van der Waals surface area contributed by atoms with Gasteiger partial charge in [-0.1, -0.05) is 25.1 Å². The number of carbonyl (C=O) groups excluding carboxylic acids is 2. The molecule has 5 heteroatoms. The molecule has 1 saturated heterocycles. The van der Waals surface area contributed by atoms with Crippen LogP contribution in [-0.4, -0.2) is 53.5 Å². The summed E-state index contributed by atoms with van der Waals surface area (Å²) in [5.74, 6) is 1.24. The molecule has 1 fully saturated rings. The topological polar surface area (TPSA) is 40.6 Å². The molecule has 1 aromatic carbocycles. The monoisotopic (exact) mass is 318 g/mol. The summed E-state index contributed by atoms with van der Waals surface area (Å²) >= 11 is 1.77. The lowest BCUT2D eigenvalue weighted by Crippen LogP contribution is -2.39. The summed E-state index contributed by atoms with van der Waals surface area (Å²) in [6.45, 7) is 4.75. The molecule has 2 aliphatic rings. The van der Waals surface area contributed by atoms with E-state index in [0.717, 1.165) is 25.3 Å². The van der Waals surface area contributed by atoms with Crippen LogP contribution in [0.15, 0.2) is 29.2 Å². The summed E-state index contributed by atoms with van der Waals surface area (Å²) < 4.78 is 0. The van der Waals surface area contributed by atoms with Crippen LogP contribution in [0, 0.1) is 0 Å². The molecule has 0 radical (unpaired) electrons. The zero-order valence-electron chi connectivity index (χ0n) is 13.0. The van der Waals surface area contributed by atoms with Crippen LogP contribution in [0.1, 0.15) is 31.2 Å². The van der Waals surface area contributed by atoms with Gasteiger partial charge in [-0.3, -0.25) is 9.59 Å². The summed E-state index contributed by atoms with van der Waals surface area (Å²) in [5.41, 5.74) is 1.17. The summed E-state index contributed by atoms with van der Waals surface area (Å²) in [6, 6.07) is 8.20. The van der Waals surface area contributed by atoms with Gasteiger partial charge in [-0.15, -0.1) is 11.8 Å². The van der Waals surface area contributed by atoms with Gasteiger partial charge in [0.05, 0.1) is 5.92 Å². The maximum atomic E-state index is 12.9. The van der Waals surface area contributed by atoms with Crippen molar-refractivity contribution in [3.63, 3.8) is 0 Å². The molecule has 0 N–H and O–H groups in total. The van der Waals surface area contributed by atoms with Crippen molar-refractivity contribution in [2.24, 2.45) is 0 Å². The SMILES string of the molecule is CCC(=O)N1CCCN(C(=O)[C@H]2CSc3ccccc32)CC1. The highest BCUT2D eigenvalue weighted by Gasteiger charge is 2.33. The summed E-state index contributed by atoms with van der Waals surface area (Å²) in [6.07, 6.45) is 1.42. The summed E-state index contributed by atoms with van der Waals surface area (Å²) in [7, 11) is 0. The standard InChI is InChI=1S/C17H22N2O2S/c1-2-16(20)18-8-5-9-19(11-10-18)17(21)14-12-22-15-7-4-3-6-13(14)15/h3-4,6-7,14H,2,5,8-12H2,1H3/t14-/m0/s1. The van der Waals surface area contributed by atoms with E-state index in [1.807, 2.05) is 28.9 Å². The number of nitrogens with zero attached hydrogens (tertiary/aromatic N) is 2. The molecule has 4 nitrogen and oxygen atoms in total. The zero-order valence-corrected chi connectivity index (χ0v) is 13.8. The van der Waals surface area contributed by atoms with Crippen molar-refractivity contribution in [1.29, 1.82) is 0 Å². The number of thioether (sulfide) groups is 1. The third-order valence-corrected chi connectivity index (χ3v) is 5.64. The Kier molecular flexibility index (Phi) is 4.71. The fourth-order valence-corrected chi connectivity index (χ4v) is 4.42. The van der Waals surface area contributed by atoms with Crippen molar-refractivity contribution in [3.8, 4) is 0 Å². The predicted octanol–water partition coefficient (Wildman–Crippen LogP) is 2.35. The first-order chi connectivity index (χ1) is 10.7. The highest BCUT2D eigenvalue weighted by Crippen LogP contribution is 2.40. The molecule has 2 heterocycles. The maximum Gasteiger partial charge on any atom is 0.231 e. The number of carbonyl (C=O) groups is 2. The number of amides is 2. The van der Waals surface area contributed by atoms with Gasteiger partial charge in [-0.2, -0.15) is 0 Å². The lowest BCUT2D eigenvalue weighted by atomic mass is 10.00. The van der Waals surface area contributed by atoms with Crippen LogP contribution in [-0.2, 0) is 9.59 Å². The second-order valence-corrected chi connectivity index (χ2v) is 6.88. The number of benzene rings is 1. The highest BCUT2D eigenvalue weighted by molar-refractivity contribution is 7.99. The van der Waals surface area contributed by atoms with E-state index in [1.54, 1.807) is 11.8 Å². The van der Waals surface area contributed by atoms with E-state index >= 15 is 0 Å². The van der Waals surface area contributed by atoms with Gasteiger partial charge in [-0.25, -0.2) is 0 Å². The van der Waals surface area contributed by atoms with E-state index in [2.05, 4.69) is 12.1 Å². The first-order valence-corrected chi connectivity index (χ1v) is 8.97. The van der Waals surface area contributed by atoms with E-state index < -0.39 is 0 Å². The van der Waals surface area contributed by atoms with Gasteiger partial charge in [0.2, 0.25) is 11.8 Å². The van der Waals surface area contributed by atoms with Crippen LogP contribution >= 0.6 is 11.8 Å². The minimum absolute atomic E-state index is 0.0189. The molecule has 0 saturated carbocycles. The number of hydrogen-bond donors (Lipinski definition) is 0. The zero-order chi connectivity index (χ0) is 15.5. The number of hydrogen-bond acceptors (Lipinski definition) is 3. The Bertz CT molecular complexity index is 576. The Labute approximate surface area is 135 Å². The Morgan fingerprint density at radius 3 is 2.68 bits per heavy atom. The van der Waals surface area contributed by atoms with Gasteiger partial charge >= 0.3 is 0 Å². The van der Waals surface area contributed by atoms with Gasteiger partial charge in [-0.05, 0) is 18.1 Å². The lowest BCUT2D eigenvalue weighted by molar-refractivity contribution is -0.134. The fraction of sp³-hybridized carbons (Fsp3) is 0.529. The minimum Gasteiger partial charge on any atom is -0.341 e. The van der Waals surface area contributed by atoms with E-state index in [1.165, 1.54) is 10.5 Å². The molecule has 118 valence electrons. The van der Waals surface area contributed by atoms with Crippen molar-refractivity contribution in [3.05, 3.63) is 29.8 Å². The van der Waals surface area contributed by atoms with Gasteiger partial charge in [0.15, 0.2) is 0 Å². The van der Waals surface area contributed by atoms with Crippen molar-refractivity contribution in [2.75, 3.05) is 31.9 Å². The molecule has 3 rings (SSSR count). The van der Waals surface area contributed by atoms with Crippen molar-refractivity contribution in [1.82, 2.24) is 9.80 Å². The van der Waals surface area contributed by atoms with E-state index in [0.29, 0.717) is 19.5 Å². The molecule has 1 aromatic rings. The van der Waals surface area contributed by atoms with E-state index in [9.17, 15) is 9.59 Å². The van der Waals surface area contributed by atoms with Crippen LogP contribution < -0.4 is 0 Å². The molecule has 2 aliphatic heterocycles. The normalized spacial score (nSPS) is 21.4. The largest absolute Gasteiger partial charge is 0.341 e. The highest BCUT2D eigenvalue weighted by atomic mass is 32.2. The molecular formula is C17H22N2O2S. The van der Waals surface area contributed by atoms with E-state index in [-0.39, 0.29) is 17.7 Å². The van der Waals surface area contributed by atoms with Gasteiger partial charge in [0, 0.05) is 43.2 Å². The number of rotatable bonds is 2. The first-order valence-electron chi connectivity index (χ1n) is 7.99. The van der Waals surface area contributed by atoms with Crippen molar-refractivity contribution < 1.29 is 9.59 Å². The Morgan fingerprint density at radius 2 is 1.86 bits per heavy atom. The summed E-state index contributed by atoms with van der Waals surface area (Å²) in [5, 5.41) is 0. The quantitative estimate of drug-likeness (QED) is 0.840. The van der Waals surface area contributed by atoms with Crippen molar-refractivity contribution >= 4 is 23.6 Å². The average Bonchev–Trinajstić information content (AvgIpc) is 2.82. The third kappa shape index (κ3) is 3.00. The predicted molar refractivity (Wildman–Crippen MR) is 88.0 cm³/mol. The third-order valence-electron chi connectivity index (χ3n) is 4.46. The van der Waals surface area contributed by atoms with Crippen LogP contribution in [0.2, 0.25) is 0 Å². The molecule has 1 atom stereocenters. The van der Waals surface area contributed by atoms with Crippen LogP contribution in [0.4, 0.5) is 0 Å². The Hall–Kier alpha value is -1.49. The second-order valence-electron chi connectivity index (χ2n) is 5.81. The molecule has 22 heavy (non-hydrogen) atoms. The Morgan fingerprint density at radius 1 is 1.14 bits per heavy atom. The van der Waals surface area contributed by atoms with Crippen LogP contribution in [0.3, 0.4) is 0 Å². The van der Waals surface area contributed by atoms with Gasteiger partial charge in [0.1, 0.15) is 0 Å². The van der Waals surface area contributed by atoms with Gasteiger partial charge < -0.3 is 9.80 Å². The maximum absolute atomic E-state index is 12.9. The fourth-order valence-electron chi connectivity index (χ4n) is 3.20. The molecule has 0 unspecified atom stereocenters. The summed E-state index contributed by atoms with van der Waals surface area (Å²) in [4.78, 5) is 29.8. The first kappa shape index (κ1) is 15.4. The van der Waals surface area contributed by atoms with Crippen molar-refractivity contribution in [2.45, 2.75) is 30.6 Å². The molecule has 0 bridgehead atoms. The Balaban J connectivity index is 1.68. The van der Waals surface area contributed by atoms with Crippen LogP contribution in [0.25, 0.3) is 0 Å². The molecule has 0 aromatic heterocycles.